The first kappa shape index (κ1) is 78.5. The first-order valence-corrected chi connectivity index (χ1v) is 42.4. The molecule has 4 N–H and O–H groups in total. The topological polar surface area (TPSA) is 114 Å². The fraction of sp³-hybridized carbons (Fsp3) is 0.364. The molecular formula is C44H76I4N8O4P2Pd4. The second kappa shape index (κ2) is 48.3. The largest absolute Gasteiger partial charge is 0 e. The summed E-state index contributed by atoms with van der Waals surface area (Å²) in [6.07, 6.45) is 17.8. The van der Waals surface area contributed by atoms with Crippen molar-refractivity contribution in [2.75, 3.05) is 47.8 Å². The van der Waals surface area contributed by atoms with Crippen LogP contribution in [0.1, 0.15) is 32.4 Å². The van der Waals surface area contributed by atoms with E-state index in [1.54, 1.807) is 0 Å². The minimum atomic E-state index is -1.17. The number of benzene rings is 2. The van der Waals surface area contributed by atoms with Gasteiger partial charge in [-0.1, -0.05) is 44.8 Å². The number of aromatic nitrogens is 4. The van der Waals surface area contributed by atoms with Crippen LogP contribution in [0.2, 0.25) is 0 Å². The van der Waals surface area contributed by atoms with Gasteiger partial charge in [0.2, 0.25) is 0 Å². The summed E-state index contributed by atoms with van der Waals surface area (Å²) >= 11 is 9.30. The van der Waals surface area contributed by atoms with E-state index in [4.69, 9.17) is 20.4 Å². The van der Waals surface area contributed by atoms with Crippen molar-refractivity contribution < 1.29 is 82.8 Å². The van der Waals surface area contributed by atoms with Crippen LogP contribution in [0.15, 0.2) is 136 Å². The molecule has 66 heavy (non-hydrogen) atoms. The third-order valence-electron chi connectivity index (χ3n) is 7.69. The quantitative estimate of drug-likeness (QED) is 0.0526. The van der Waals surface area contributed by atoms with E-state index in [-0.39, 0.29) is 64.1 Å². The van der Waals surface area contributed by atoms with Gasteiger partial charge in [0, 0.05) is 135 Å². The van der Waals surface area contributed by atoms with E-state index in [1.807, 2.05) is 145 Å². The number of aliphatic hydroxyl groups excluding tert-OH is 2. The number of nitrogens with zero attached hydrogens (tertiary/aromatic N) is 8. The van der Waals surface area contributed by atoms with Crippen LogP contribution in [0.5, 0.6) is 0 Å². The second-order valence-electron chi connectivity index (χ2n) is 13.9. The van der Waals surface area contributed by atoms with Crippen LogP contribution in [0.4, 0.5) is 0 Å². The molecular weight excluding hydrogens is 1700 g/mol. The van der Waals surface area contributed by atoms with E-state index < -0.39 is 12.6 Å². The van der Waals surface area contributed by atoms with Gasteiger partial charge in [-0.05, 0) is 40.3 Å². The molecule has 0 bridgehead atoms. The van der Waals surface area contributed by atoms with Gasteiger partial charge in [-0.2, -0.15) is 37.1 Å². The van der Waals surface area contributed by atoms with Crippen molar-refractivity contribution in [3.05, 3.63) is 161 Å². The average Bonchev–Trinajstić information content (AvgIpc) is 3.95. The summed E-state index contributed by atoms with van der Waals surface area (Å²) in [5.74, 6) is 2.02. The van der Waals surface area contributed by atoms with Crippen LogP contribution in [-0.4, -0.2) is 119 Å². The van der Waals surface area contributed by atoms with Gasteiger partial charge in [0.1, 0.15) is 30.9 Å². The van der Waals surface area contributed by atoms with Crippen LogP contribution in [0.25, 0.3) is 0 Å². The number of imidazole rings is 2. The molecule has 4 aromatic rings. The van der Waals surface area contributed by atoms with Crippen molar-refractivity contribution in [2.45, 2.75) is 40.5 Å². The Balaban J connectivity index is -0.000000159. The molecule has 0 radical (unpaired) electrons. The fourth-order valence-electron chi connectivity index (χ4n) is 4.66. The Morgan fingerprint density at radius 2 is 0.864 bits per heavy atom. The molecule has 2 aliphatic rings. The zero-order valence-electron chi connectivity index (χ0n) is 39.2. The number of aliphatic hydroxyl groups is 4. The monoisotopic (exact) mass is 1770 g/mol. The summed E-state index contributed by atoms with van der Waals surface area (Å²) in [5, 5.41) is 33.3. The molecule has 12 nitrogen and oxygen atoms in total. The molecule has 0 fully saturated rings. The molecule has 0 aliphatic carbocycles. The summed E-state index contributed by atoms with van der Waals surface area (Å²) in [6.45, 7) is 28.2. The van der Waals surface area contributed by atoms with E-state index in [2.05, 4.69) is 178 Å². The number of aryl methyl sites for hydroxylation is 3. The van der Waals surface area contributed by atoms with Gasteiger partial charge in [-0.25, -0.2) is 18.3 Å². The molecule has 0 spiro atoms. The molecule has 0 unspecified atom stereocenters. The minimum absolute atomic E-state index is 0. The van der Waals surface area contributed by atoms with Gasteiger partial charge in [-0.15, -0.1) is 12.1 Å². The molecule has 0 atom stereocenters. The van der Waals surface area contributed by atoms with E-state index in [0.717, 1.165) is 39.8 Å². The molecule has 6 rings (SSSR count). The minimum Gasteiger partial charge on any atom is 0 e. The van der Waals surface area contributed by atoms with Gasteiger partial charge in [-0.3, -0.25) is 0 Å². The number of rotatable bonds is 4. The number of halogens is 4. The summed E-state index contributed by atoms with van der Waals surface area (Å²) in [6, 6.07) is 16.8. The molecule has 4 heterocycles. The molecule has 0 amide bonds. The molecule has 22 heteroatoms. The number of hydrogen-bond acceptors (Lipinski definition) is 8. The summed E-state index contributed by atoms with van der Waals surface area (Å²) < 4.78 is 8.13. The maximum atomic E-state index is 7.61. The van der Waals surface area contributed by atoms with Crippen molar-refractivity contribution in [2.24, 2.45) is 21.1 Å². The van der Waals surface area contributed by atoms with E-state index in [0.29, 0.717) is 0 Å². The van der Waals surface area contributed by atoms with Gasteiger partial charge >= 0.3 is 99.6 Å². The predicted octanol–water partition coefficient (Wildman–Crippen LogP) is 9.44. The standard InChI is InChI=1S/C10H15N4.2C9H12P.C6H10N2.C5H9N2.2C2H6O2.CH4.4HI.4Pd/c1-10-12(3)5-7-14(10)9-13-6-4-11(2)8-13;2*1-8-6-4-5-7-9(8)10(2)3;1-6-7(2)4-5-8(6)3;1-6-3-4-7(2)5-6;2*1-2(3)4;;;;;;;;;/h4-8H,1,9H2,2-3H3;2*4-7H,1H2,2-3H3;4-5H,1H2,2-3H3;3-5H,1-2H3;2*2-4H,1H3;1H4;4*1H;;;;/q+1;2*-1;;+1;;;;;;;;;;2*+1/p-2. The third kappa shape index (κ3) is 42.7. The van der Waals surface area contributed by atoms with Crippen molar-refractivity contribution in [3.8, 4) is 0 Å². The van der Waals surface area contributed by atoms with Crippen LogP contribution >= 0.6 is 93.9 Å². The zero-order valence-corrected chi connectivity index (χ0v) is 56.1. The normalized spacial score (nSPS) is 11.5. The van der Waals surface area contributed by atoms with Crippen LogP contribution in [-0.2, 0) is 90.2 Å². The third-order valence-corrected chi connectivity index (χ3v) is 10.8. The molecule has 2 aliphatic heterocycles. The van der Waals surface area contributed by atoms with E-state index >= 15 is 0 Å². The molecule has 0 saturated carbocycles. The van der Waals surface area contributed by atoms with Crippen molar-refractivity contribution >= 4 is 105 Å². The predicted molar refractivity (Wildman–Crippen MR) is 310 cm³/mol. The molecule has 0 saturated heterocycles. The summed E-state index contributed by atoms with van der Waals surface area (Å²) in [7, 11) is 13.1. The molecule has 2 aromatic heterocycles. The Labute approximate surface area is 488 Å². The SMILES string of the molecule is C.C=C1N(C)C=CN1C.C=C1N(C)C=CN1Cn1ccn(C)[cH+]1.CC(O)O.CC(O)O.Cn1ccn(C)[cH+]1.[CH2-]c1ccccc1[PH+](C)C.[CH2-]c1ccccc1[PH+](C)C.[I][Pd-][I].[I][Pd-][I].[Pd].[Pd]. The Kier molecular flexibility index (Phi) is 57.4. The smallest absolute Gasteiger partial charge is 0 e. The fourth-order valence-corrected chi connectivity index (χ4v) is 6.97. The van der Waals surface area contributed by atoms with Gasteiger partial charge in [0.25, 0.3) is 0 Å². The second-order valence-corrected chi connectivity index (χ2v) is 42.9. The maximum absolute atomic E-state index is 7.61. The van der Waals surface area contributed by atoms with Gasteiger partial charge in [0.05, 0.1) is 0 Å². The average molecular weight is 1780 g/mol. The first-order valence-electron chi connectivity index (χ1n) is 18.9. The Morgan fingerprint density at radius 1 is 0.576 bits per heavy atom. The molecule has 2 aromatic carbocycles. The Hall–Kier alpha value is 1.03. The maximum Gasteiger partial charge on any atom is 0 e. The Bertz CT molecular complexity index is 1770. The van der Waals surface area contributed by atoms with E-state index in [9.17, 15) is 0 Å². The summed E-state index contributed by atoms with van der Waals surface area (Å²) in [5.41, 5.74) is 2.39. The van der Waals surface area contributed by atoms with Crippen molar-refractivity contribution in [3.63, 3.8) is 0 Å². The Morgan fingerprint density at radius 3 is 1.06 bits per heavy atom. The molecule has 394 valence electrons. The summed E-state index contributed by atoms with van der Waals surface area (Å²) in [4.78, 5) is 8.05. The van der Waals surface area contributed by atoms with Gasteiger partial charge in [0.15, 0.2) is 37.4 Å². The van der Waals surface area contributed by atoms with E-state index in [1.165, 1.54) is 35.6 Å². The van der Waals surface area contributed by atoms with Crippen molar-refractivity contribution in [1.29, 1.82) is 0 Å². The van der Waals surface area contributed by atoms with Crippen molar-refractivity contribution in [1.82, 2.24) is 37.9 Å². The number of hydrogen-bond donors (Lipinski definition) is 4. The zero-order chi connectivity index (χ0) is 49.2. The first-order chi connectivity index (χ1) is 29.4. The van der Waals surface area contributed by atoms with Crippen LogP contribution < -0.4 is 10.6 Å². The van der Waals surface area contributed by atoms with Crippen LogP contribution in [0, 0.1) is 13.8 Å². The van der Waals surface area contributed by atoms with Gasteiger partial charge < -0.3 is 40.0 Å². The van der Waals surface area contributed by atoms with Crippen LogP contribution in [0.3, 0.4) is 0 Å².